The number of hydrogen-bond acceptors (Lipinski definition) is 5. The zero-order valence-electron chi connectivity index (χ0n) is 11.5. The Morgan fingerprint density at radius 3 is 2.14 bits per heavy atom. The second kappa shape index (κ2) is 6.67. The van der Waals surface area contributed by atoms with Gasteiger partial charge in [0.25, 0.3) is 0 Å². The van der Waals surface area contributed by atoms with Gasteiger partial charge in [-0.2, -0.15) is 0 Å². The minimum atomic E-state index is -1.36. The van der Waals surface area contributed by atoms with Gasteiger partial charge in [-0.15, -0.1) is 0 Å². The van der Waals surface area contributed by atoms with Crippen molar-refractivity contribution in [1.29, 1.82) is 0 Å². The van der Waals surface area contributed by atoms with Crippen molar-refractivity contribution in [3.63, 3.8) is 0 Å². The van der Waals surface area contributed by atoms with Crippen molar-refractivity contribution >= 4 is 30.1 Å². The molecule has 2 rings (SSSR count). The summed E-state index contributed by atoms with van der Waals surface area (Å²) in [6, 6.07) is 2.93. The number of aromatic nitrogens is 2. The van der Waals surface area contributed by atoms with Crippen molar-refractivity contribution < 1.29 is 28.2 Å². The Balaban J connectivity index is 2.46. The van der Waals surface area contributed by atoms with Crippen LogP contribution in [0.1, 0.15) is 10.4 Å². The molecule has 0 unspecified atom stereocenters. The van der Waals surface area contributed by atoms with Gasteiger partial charge in [0.2, 0.25) is 0 Å². The van der Waals surface area contributed by atoms with Crippen molar-refractivity contribution in [3.8, 4) is 11.8 Å². The van der Waals surface area contributed by atoms with Crippen LogP contribution < -0.4 is 18.7 Å². The van der Waals surface area contributed by atoms with Crippen LogP contribution >= 0.6 is 0 Å². The Hall–Kier alpha value is -2.25. The number of carboxylic acid groups (broad SMARTS) is 1. The molecule has 0 fully saturated rings. The standard InChI is InChI=1S/C13H10F2N2O4Se/c1-20-10-5-11(21-2)17-13(16-10)22-9-4-8(15)7(14)3-6(9)12(18)19/h3-5H,1-2H3,(H,18,19). The normalized spacial score (nSPS) is 10.4. The fourth-order valence-electron chi connectivity index (χ4n) is 1.52. The summed E-state index contributed by atoms with van der Waals surface area (Å²) < 4.78 is 36.9. The number of carboxylic acids is 1. The van der Waals surface area contributed by atoms with Gasteiger partial charge >= 0.3 is 130 Å². The fourth-order valence-corrected chi connectivity index (χ4v) is 3.38. The van der Waals surface area contributed by atoms with Crippen molar-refractivity contribution in [2.45, 2.75) is 0 Å². The average molecular weight is 375 g/mol. The molecule has 1 aromatic carbocycles. The van der Waals surface area contributed by atoms with Crippen LogP contribution in [-0.2, 0) is 0 Å². The molecule has 0 radical (unpaired) electrons. The predicted octanol–water partition coefficient (Wildman–Crippen LogP) is 0.125. The average Bonchev–Trinajstić information content (AvgIpc) is 2.49. The van der Waals surface area contributed by atoms with E-state index in [-0.39, 0.29) is 26.5 Å². The van der Waals surface area contributed by atoms with Crippen molar-refractivity contribution in [1.82, 2.24) is 9.97 Å². The van der Waals surface area contributed by atoms with E-state index in [1.165, 1.54) is 20.3 Å². The number of hydrogen-bond donors (Lipinski definition) is 1. The number of aromatic carboxylic acids is 1. The third-order valence-electron chi connectivity index (χ3n) is 2.53. The molecule has 0 saturated heterocycles. The van der Waals surface area contributed by atoms with Crippen molar-refractivity contribution in [2.75, 3.05) is 14.2 Å². The van der Waals surface area contributed by atoms with E-state index in [1.54, 1.807) is 0 Å². The van der Waals surface area contributed by atoms with Gasteiger partial charge in [-0.1, -0.05) is 0 Å². The van der Waals surface area contributed by atoms with E-state index in [9.17, 15) is 13.6 Å². The zero-order valence-corrected chi connectivity index (χ0v) is 13.2. The van der Waals surface area contributed by atoms with Crippen LogP contribution in [0, 0.1) is 11.6 Å². The Morgan fingerprint density at radius 2 is 1.64 bits per heavy atom. The third-order valence-corrected chi connectivity index (χ3v) is 4.47. The number of nitrogens with zero attached hydrogens (tertiary/aromatic N) is 2. The Labute approximate surface area is 130 Å². The number of rotatable bonds is 5. The summed E-state index contributed by atoms with van der Waals surface area (Å²) in [4.78, 5) is 19.3. The number of methoxy groups -OCH3 is 2. The molecule has 0 aliphatic rings. The van der Waals surface area contributed by atoms with Crippen LogP contribution in [-0.4, -0.2) is 50.2 Å². The molecule has 1 N–H and O–H groups in total. The van der Waals surface area contributed by atoms with Gasteiger partial charge in [-0.3, -0.25) is 0 Å². The monoisotopic (exact) mass is 376 g/mol. The molecule has 0 spiro atoms. The van der Waals surface area contributed by atoms with Crippen molar-refractivity contribution in [2.24, 2.45) is 0 Å². The molecule has 0 amide bonds. The number of ether oxygens (including phenoxy) is 2. The van der Waals surface area contributed by atoms with Gasteiger partial charge in [0.05, 0.1) is 0 Å². The summed E-state index contributed by atoms with van der Waals surface area (Å²) in [6.07, 6.45) is 0. The Bertz CT molecular complexity index is 705. The van der Waals surface area contributed by atoms with Gasteiger partial charge in [0, 0.05) is 0 Å². The van der Waals surface area contributed by atoms with Crippen molar-refractivity contribution in [3.05, 3.63) is 35.4 Å². The SMILES string of the molecule is COc1cc(OC)nc([Se]c2cc(F)c(F)cc2C(=O)O)n1. The first kappa shape index (κ1) is 16.1. The maximum atomic E-state index is 13.4. The summed E-state index contributed by atoms with van der Waals surface area (Å²) in [7, 11) is 2.80. The van der Waals surface area contributed by atoms with Crippen LogP contribution in [0.15, 0.2) is 18.2 Å². The van der Waals surface area contributed by atoms with Crippen LogP contribution in [0.4, 0.5) is 8.78 Å². The Morgan fingerprint density at radius 1 is 1.09 bits per heavy atom. The molecule has 0 atom stereocenters. The van der Waals surface area contributed by atoms with E-state index in [0.29, 0.717) is 6.07 Å². The third kappa shape index (κ3) is 3.49. The summed E-state index contributed by atoms with van der Waals surface area (Å²) in [5.74, 6) is -3.25. The van der Waals surface area contributed by atoms with E-state index in [0.717, 1.165) is 6.07 Å². The predicted molar refractivity (Wildman–Crippen MR) is 73.5 cm³/mol. The summed E-state index contributed by atoms with van der Waals surface area (Å²) in [5.41, 5.74) is -0.329. The maximum absolute atomic E-state index is 13.4. The molecule has 0 saturated carbocycles. The van der Waals surface area contributed by atoms with Gasteiger partial charge in [-0.05, 0) is 0 Å². The van der Waals surface area contributed by atoms with E-state index < -0.39 is 32.6 Å². The molecule has 2 aromatic rings. The molecule has 0 aliphatic heterocycles. The molecule has 116 valence electrons. The zero-order chi connectivity index (χ0) is 16.3. The summed E-state index contributed by atoms with van der Waals surface area (Å²) in [6.45, 7) is 0. The number of carbonyl (C=O) groups is 1. The van der Waals surface area contributed by atoms with Crippen LogP contribution in [0.5, 0.6) is 11.8 Å². The van der Waals surface area contributed by atoms with Gasteiger partial charge in [0.1, 0.15) is 0 Å². The van der Waals surface area contributed by atoms with E-state index in [2.05, 4.69) is 9.97 Å². The second-order valence-electron chi connectivity index (χ2n) is 3.90. The van der Waals surface area contributed by atoms with Gasteiger partial charge in [0.15, 0.2) is 0 Å². The summed E-state index contributed by atoms with van der Waals surface area (Å²) in [5, 5.41) is 9.09. The number of benzene rings is 1. The van der Waals surface area contributed by atoms with E-state index in [4.69, 9.17) is 14.6 Å². The molecule has 0 bridgehead atoms. The molecule has 6 nitrogen and oxygen atoms in total. The first-order valence-electron chi connectivity index (χ1n) is 5.82. The Kier molecular flexibility index (Phi) is 4.89. The van der Waals surface area contributed by atoms with Gasteiger partial charge < -0.3 is 0 Å². The first-order chi connectivity index (χ1) is 10.4. The molecular formula is C13H10F2N2O4Se. The van der Waals surface area contributed by atoms with Crippen LogP contribution in [0.25, 0.3) is 0 Å². The van der Waals surface area contributed by atoms with E-state index >= 15 is 0 Å². The molecule has 9 heteroatoms. The van der Waals surface area contributed by atoms with Gasteiger partial charge in [-0.25, -0.2) is 0 Å². The fraction of sp³-hybridized carbons (Fsp3) is 0.154. The first-order valence-corrected chi connectivity index (χ1v) is 7.53. The topological polar surface area (TPSA) is 81.5 Å². The van der Waals surface area contributed by atoms with Crippen LogP contribution in [0.2, 0.25) is 0 Å². The summed E-state index contributed by atoms with van der Waals surface area (Å²) >= 11 is -0.774. The van der Waals surface area contributed by atoms with E-state index in [1.807, 2.05) is 0 Å². The van der Waals surface area contributed by atoms with Crippen LogP contribution in [0.3, 0.4) is 0 Å². The molecule has 1 heterocycles. The molecule has 1 aromatic heterocycles. The molecule has 0 aliphatic carbocycles. The minimum absolute atomic E-state index is 0.106. The number of halogens is 2. The quantitative estimate of drug-likeness (QED) is 0.749. The molecular weight excluding hydrogens is 365 g/mol. The molecule has 22 heavy (non-hydrogen) atoms. The second-order valence-corrected chi connectivity index (χ2v) is 6.02.